The molecule has 0 saturated carbocycles. The minimum atomic E-state index is -0.0127. The Morgan fingerprint density at radius 2 is 2.03 bits per heavy atom. The highest BCUT2D eigenvalue weighted by Gasteiger charge is 2.25. The SMILES string of the molecule is O=C(c1cccc(Nc2nn[nH]n2)c1)N1CCc2c(ncn2CCc2ccccc2)C1. The number of carbonyl (C=O) groups excluding carboxylic acids is 1. The summed E-state index contributed by atoms with van der Waals surface area (Å²) in [4.78, 5) is 19.5. The van der Waals surface area contributed by atoms with Gasteiger partial charge in [0.05, 0.1) is 18.6 Å². The van der Waals surface area contributed by atoms with E-state index >= 15 is 0 Å². The van der Waals surface area contributed by atoms with Crippen LogP contribution in [-0.2, 0) is 25.9 Å². The molecule has 1 aliphatic heterocycles. The van der Waals surface area contributed by atoms with Gasteiger partial charge in [-0.05, 0) is 35.4 Å². The number of anilines is 2. The molecule has 31 heavy (non-hydrogen) atoms. The predicted octanol–water partition coefficient (Wildman–Crippen LogP) is 2.58. The molecule has 0 spiro atoms. The van der Waals surface area contributed by atoms with Crippen LogP contribution in [0.4, 0.5) is 11.6 Å². The number of nitrogens with zero attached hydrogens (tertiary/aromatic N) is 6. The maximum absolute atomic E-state index is 13.1. The van der Waals surface area contributed by atoms with Crippen molar-refractivity contribution in [1.29, 1.82) is 0 Å². The van der Waals surface area contributed by atoms with E-state index in [2.05, 4.69) is 59.8 Å². The van der Waals surface area contributed by atoms with Gasteiger partial charge in [-0.3, -0.25) is 4.79 Å². The number of hydrogen-bond donors (Lipinski definition) is 2. The van der Waals surface area contributed by atoms with Crippen molar-refractivity contribution < 1.29 is 4.79 Å². The number of benzene rings is 2. The molecule has 3 heterocycles. The summed E-state index contributed by atoms with van der Waals surface area (Å²) in [6, 6.07) is 17.8. The van der Waals surface area contributed by atoms with Crippen LogP contribution in [0.3, 0.4) is 0 Å². The monoisotopic (exact) mass is 414 g/mol. The van der Waals surface area contributed by atoms with Crippen molar-refractivity contribution in [2.24, 2.45) is 0 Å². The molecule has 0 unspecified atom stereocenters. The van der Waals surface area contributed by atoms with Crippen LogP contribution in [0.5, 0.6) is 0 Å². The second-order valence-corrected chi connectivity index (χ2v) is 7.48. The number of nitrogens with one attached hydrogen (secondary N) is 2. The summed E-state index contributed by atoms with van der Waals surface area (Å²) in [5, 5.41) is 16.7. The van der Waals surface area contributed by atoms with E-state index in [9.17, 15) is 4.79 Å². The van der Waals surface area contributed by atoms with E-state index in [0.29, 0.717) is 24.6 Å². The van der Waals surface area contributed by atoms with Crippen molar-refractivity contribution in [3.8, 4) is 0 Å². The Bertz CT molecular complexity index is 1170. The number of amides is 1. The molecule has 9 heteroatoms. The predicted molar refractivity (Wildman–Crippen MR) is 115 cm³/mol. The Kier molecular flexibility index (Phi) is 5.14. The smallest absolute Gasteiger partial charge is 0.267 e. The third-order valence-corrected chi connectivity index (χ3v) is 5.47. The topological polar surface area (TPSA) is 105 Å². The van der Waals surface area contributed by atoms with Crippen LogP contribution in [0.15, 0.2) is 60.9 Å². The van der Waals surface area contributed by atoms with Crippen molar-refractivity contribution >= 4 is 17.5 Å². The Morgan fingerprint density at radius 3 is 2.87 bits per heavy atom. The fraction of sp³-hybridized carbons (Fsp3) is 0.227. The second kappa shape index (κ2) is 8.39. The molecule has 5 rings (SSSR count). The molecule has 1 aliphatic rings. The van der Waals surface area contributed by atoms with Gasteiger partial charge in [-0.1, -0.05) is 41.5 Å². The van der Waals surface area contributed by atoms with Crippen LogP contribution in [0.25, 0.3) is 0 Å². The van der Waals surface area contributed by atoms with Gasteiger partial charge in [0.15, 0.2) is 0 Å². The molecule has 0 aliphatic carbocycles. The molecule has 4 aromatic rings. The molecule has 0 atom stereocenters. The third kappa shape index (κ3) is 4.16. The van der Waals surface area contributed by atoms with Gasteiger partial charge in [0.1, 0.15) is 0 Å². The van der Waals surface area contributed by atoms with E-state index in [0.717, 1.165) is 30.8 Å². The first kappa shape index (κ1) is 19.0. The highest BCUT2D eigenvalue weighted by molar-refractivity contribution is 5.95. The number of aromatic nitrogens is 6. The number of aryl methyl sites for hydroxylation is 2. The normalized spacial score (nSPS) is 13.1. The number of H-pyrrole nitrogens is 1. The minimum Gasteiger partial charge on any atom is -0.334 e. The standard InChI is InChI=1S/C22H22N8O/c31-21(17-7-4-8-18(13-17)24-22-25-27-28-26-22)29-12-10-20-19(14-29)23-15-30(20)11-9-16-5-2-1-3-6-16/h1-8,13,15H,9-12,14H2,(H2,24,25,26,27,28). The Hall–Kier alpha value is -4.01. The lowest BCUT2D eigenvalue weighted by Gasteiger charge is -2.27. The van der Waals surface area contributed by atoms with Crippen LogP contribution in [0.1, 0.15) is 27.3 Å². The van der Waals surface area contributed by atoms with Gasteiger partial charge in [-0.25, -0.2) is 4.98 Å². The molecular formula is C22H22N8O. The number of tetrazole rings is 1. The van der Waals surface area contributed by atoms with Gasteiger partial charge in [0.25, 0.3) is 11.9 Å². The third-order valence-electron chi connectivity index (χ3n) is 5.47. The molecule has 9 nitrogen and oxygen atoms in total. The first-order valence-electron chi connectivity index (χ1n) is 10.2. The first-order chi connectivity index (χ1) is 15.3. The molecule has 0 saturated heterocycles. The zero-order valence-corrected chi connectivity index (χ0v) is 16.9. The molecule has 2 N–H and O–H groups in total. The zero-order chi connectivity index (χ0) is 21.0. The average Bonchev–Trinajstić information content (AvgIpc) is 3.47. The highest BCUT2D eigenvalue weighted by Crippen LogP contribution is 2.22. The van der Waals surface area contributed by atoms with Gasteiger partial charge in [-0.2, -0.15) is 5.21 Å². The highest BCUT2D eigenvalue weighted by atomic mass is 16.2. The van der Waals surface area contributed by atoms with Crippen LogP contribution >= 0.6 is 0 Å². The molecule has 2 aromatic carbocycles. The van der Waals surface area contributed by atoms with Gasteiger partial charge in [-0.15, -0.1) is 5.10 Å². The van der Waals surface area contributed by atoms with Crippen molar-refractivity contribution in [1.82, 2.24) is 35.1 Å². The zero-order valence-electron chi connectivity index (χ0n) is 16.9. The largest absolute Gasteiger partial charge is 0.334 e. The average molecular weight is 414 g/mol. The van der Waals surface area contributed by atoms with Crippen LogP contribution < -0.4 is 5.32 Å². The summed E-state index contributed by atoms with van der Waals surface area (Å²) in [5.41, 5.74) is 4.86. The number of hydrogen-bond acceptors (Lipinski definition) is 6. The van der Waals surface area contributed by atoms with Crippen LogP contribution in [0.2, 0.25) is 0 Å². The van der Waals surface area contributed by atoms with E-state index in [1.165, 1.54) is 11.3 Å². The quantitative estimate of drug-likeness (QED) is 0.503. The molecule has 0 fully saturated rings. The van der Waals surface area contributed by atoms with E-state index in [-0.39, 0.29) is 5.91 Å². The fourth-order valence-corrected chi connectivity index (χ4v) is 3.89. The van der Waals surface area contributed by atoms with E-state index < -0.39 is 0 Å². The molecular weight excluding hydrogens is 392 g/mol. The molecule has 0 radical (unpaired) electrons. The number of fused-ring (bicyclic) bond motifs is 1. The van der Waals surface area contributed by atoms with Crippen molar-refractivity contribution in [2.45, 2.75) is 25.9 Å². The lowest BCUT2D eigenvalue weighted by atomic mass is 10.1. The molecule has 0 bridgehead atoms. The summed E-state index contributed by atoms with van der Waals surface area (Å²) in [5.74, 6) is 0.342. The molecule has 1 amide bonds. The Balaban J connectivity index is 1.25. The summed E-state index contributed by atoms with van der Waals surface area (Å²) in [7, 11) is 0. The lowest BCUT2D eigenvalue weighted by Crippen LogP contribution is -2.36. The molecule has 2 aromatic heterocycles. The number of carbonyl (C=O) groups is 1. The molecule has 156 valence electrons. The summed E-state index contributed by atoms with van der Waals surface area (Å²) in [6.45, 7) is 2.09. The summed E-state index contributed by atoms with van der Waals surface area (Å²) >= 11 is 0. The minimum absolute atomic E-state index is 0.0127. The van der Waals surface area contributed by atoms with Crippen molar-refractivity contribution in [3.63, 3.8) is 0 Å². The van der Waals surface area contributed by atoms with E-state index in [1.54, 1.807) is 6.07 Å². The summed E-state index contributed by atoms with van der Waals surface area (Å²) < 4.78 is 2.22. The van der Waals surface area contributed by atoms with Gasteiger partial charge in [0, 0.05) is 36.5 Å². The summed E-state index contributed by atoms with van der Waals surface area (Å²) in [6.07, 6.45) is 3.67. The fourth-order valence-electron chi connectivity index (χ4n) is 3.89. The number of aromatic amines is 1. The Morgan fingerprint density at radius 1 is 1.13 bits per heavy atom. The second-order valence-electron chi connectivity index (χ2n) is 7.48. The first-order valence-corrected chi connectivity index (χ1v) is 10.2. The maximum atomic E-state index is 13.1. The number of rotatable bonds is 6. The Labute approximate surface area is 179 Å². The van der Waals surface area contributed by atoms with E-state index in [4.69, 9.17) is 0 Å². The number of imidazole rings is 1. The maximum Gasteiger partial charge on any atom is 0.267 e. The van der Waals surface area contributed by atoms with E-state index in [1.807, 2.05) is 35.5 Å². The van der Waals surface area contributed by atoms with Gasteiger partial charge >= 0.3 is 0 Å². The lowest BCUT2D eigenvalue weighted by molar-refractivity contribution is 0.0731. The van der Waals surface area contributed by atoms with Crippen LogP contribution in [-0.4, -0.2) is 47.5 Å². The van der Waals surface area contributed by atoms with Crippen LogP contribution in [0, 0.1) is 0 Å². The van der Waals surface area contributed by atoms with Crippen molar-refractivity contribution in [2.75, 3.05) is 11.9 Å². The van der Waals surface area contributed by atoms with Crippen molar-refractivity contribution in [3.05, 3.63) is 83.4 Å². The van der Waals surface area contributed by atoms with Gasteiger partial charge in [0.2, 0.25) is 0 Å². The van der Waals surface area contributed by atoms with Gasteiger partial charge < -0.3 is 14.8 Å².